The third kappa shape index (κ3) is 3.84. The second-order valence-corrected chi connectivity index (χ2v) is 5.58. The van der Waals surface area contributed by atoms with Crippen molar-refractivity contribution in [2.75, 3.05) is 19.6 Å². The van der Waals surface area contributed by atoms with E-state index in [1.165, 1.54) is 25.9 Å². The zero-order chi connectivity index (χ0) is 12.8. The molecule has 1 aliphatic heterocycles. The molecule has 1 amide bonds. The van der Waals surface area contributed by atoms with Crippen LogP contribution >= 0.6 is 0 Å². The van der Waals surface area contributed by atoms with Crippen molar-refractivity contribution < 1.29 is 4.79 Å². The Balaban J connectivity index is 1.68. The van der Waals surface area contributed by atoms with Crippen LogP contribution in [0.25, 0.3) is 0 Å². The van der Waals surface area contributed by atoms with Crippen LogP contribution in [-0.4, -0.2) is 36.5 Å². The molecule has 1 fully saturated rings. The smallest absolute Gasteiger partial charge is 0.220 e. The fourth-order valence-corrected chi connectivity index (χ4v) is 3.05. The van der Waals surface area contributed by atoms with Crippen molar-refractivity contribution in [2.24, 2.45) is 5.92 Å². The summed E-state index contributed by atoms with van der Waals surface area (Å²) in [5, 5.41) is 3.12. The van der Waals surface area contributed by atoms with Gasteiger partial charge in [0.1, 0.15) is 0 Å². The largest absolute Gasteiger partial charge is 0.355 e. The van der Waals surface area contributed by atoms with Gasteiger partial charge in [0.05, 0.1) is 0 Å². The fourth-order valence-electron chi connectivity index (χ4n) is 3.05. The monoisotopic (exact) mass is 250 g/mol. The number of allylic oxidation sites excluding steroid dienone is 2. The first-order valence-electron chi connectivity index (χ1n) is 7.47. The van der Waals surface area contributed by atoms with E-state index in [2.05, 4.69) is 29.3 Å². The number of likely N-dealkylation sites (tertiary alicyclic amines) is 1. The molecule has 3 nitrogen and oxygen atoms in total. The molecule has 2 aliphatic rings. The van der Waals surface area contributed by atoms with Crippen LogP contribution in [0.1, 0.15) is 45.4 Å². The molecule has 2 rings (SSSR count). The van der Waals surface area contributed by atoms with E-state index in [1.807, 2.05) is 0 Å². The van der Waals surface area contributed by atoms with Gasteiger partial charge in [-0.15, -0.1) is 0 Å². The average molecular weight is 250 g/mol. The summed E-state index contributed by atoms with van der Waals surface area (Å²) in [6.45, 7) is 5.46. The Bertz CT molecular complexity index is 295. The van der Waals surface area contributed by atoms with Gasteiger partial charge < -0.3 is 5.32 Å². The fraction of sp³-hybridized carbons (Fsp3) is 0.800. The lowest BCUT2D eigenvalue weighted by molar-refractivity contribution is -0.121. The van der Waals surface area contributed by atoms with Crippen LogP contribution < -0.4 is 5.32 Å². The first kappa shape index (κ1) is 13.6. The number of carbonyl (C=O) groups excluding carboxylic acids is 1. The van der Waals surface area contributed by atoms with E-state index in [0.29, 0.717) is 18.4 Å². The summed E-state index contributed by atoms with van der Waals surface area (Å²) in [6.07, 6.45) is 11.1. The molecule has 18 heavy (non-hydrogen) atoms. The third-order valence-corrected chi connectivity index (χ3v) is 4.22. The number of hydrogen-bond acceptors (Lipinski definition) is 2. The van der Waals surface area contributed by atoms with Gasteiger partial charge in [0.2, 0.25) is 5.91 Å². The Morgan fingerprint density at radius 3 is 2.83 bits per heavy atom. The Hall–Kier alpha value is -0.830. The molecule has 1 aliphatic carbocycles. The highest BCUT2D eigenvalue weighted by Crippen LogP contribution is 2.20. The predicted octanol–water partition coefficient (Wildman–Crippen LogP) is 2.33. The normalized spacial score (nSPS) is 25.5. The van der Waals surface area contributed by atoms with Gasteiger partial charge in [-0.25, -0.2) is 0 Å². The zero-order valence-electron chi connectivity index (χ0n) is 11.5. The van der Waals surface area contributed by atoms with E-state index in [-0.39, 0.29) is 5.91 Å². The van der Waals surface area contributed by atoms with Gasteiger partial charge in [0.25, 0.3) is 0 Å². The second-order valence-electron chi connectivity index (χ2n) is 5.58. The van der Waals surface area contributed by atoms with Crippen molar-refractivity contribution in [3.8, 4) is 0 Å². The molecule has 1 heterocycles. The molecule has 0 aromatic rings. The Kier molecular flexibility index (Phi) is 5.24. The van der Waals surface area contributed by atoms with Gasteiger partial charge in [-0.3, -0.25) is 9.69 Å². The number of carbonyl (C=O) groups is 1. The van der Waals surface area contributed by atoms with Crippen molar-refractivity contribution in [3.63, 3.8) is 0 Å². The minimum Gasteiger partial charge on any atom is -0.355 e. The first-order valence-corrected chi connectivity index (χ1v) is 7.47. The summed E-state index contributed by atoms with van der Waals surface area (Å²) in [5.41, 5.74) is 0. The van der Waals surface area contributed by atoms with Gasteiger partial charge in [0.15, 0.2) is 0 Å². The van der Waals surface area contributed by atoms with Crippen LogP contribution in [0.4, 0.5) is 0 Å². The highest BCUT2D eigenvalue weighted by atomic mass is 16.1. The van der Waals surface area contributed by atoms with Crippen molar-refractivity contribution in [1.29, 1.82) is 0 Å². The molecule has 0 aromatic carbocycles. The first-order chi connectivity index (χ1) is 8.79. The lowest BCUT2D eigenvalue weighted by atomic mass is 10.0. The van der Waals surface area contributed by atoms with E-state index in [1.54, 1.807) is 0 Å². The van der Waals surface area contributed by atoms with Crippen molar-refractivity contribution in [2.45, 2.75) is 51.5 Å². The van der Waals surface area contributed by atoms with E-state index >= 15 is 0 Å². The summed E-state index contributed by atoms with van der Waals surface area (Å²) < 4.78 is 0. The van der Waals surface area contributed by atoms with Crippen LogP contribution in [0.3, 0.4) is 0 Å². The predicted molar refractivity (Wildman–Crippen MR) is 74.4 cm³/mol. The van der Waals surface area contributed by atoms with Crippen LogP contribution in [0.5, 0.6) is 0 Å². The van der Waals surface area contributed by atoms with Crippen LogP contribution in [0, 0.1) is 5.92 Å². The topological polar surface area (TPSA) is 32.3 Å². The van der Waals surface area contributed by atoms with E-state index < -0.39 is 0 Å². The lowest BCUT2D eigenvalue weighted by Crippen LogP contribution is -2.42. The van der Waals surface area contributed by atoms with Crippen molar-refractivity contribution >= 4 is 5.91 Å². The molecule has 0 bridgehead atoms. The molecule has 0 spiro atoms. The van der Waals surface area contributed by atoms with Gasteiger partial charge in [-0.05, 0) is 51.1 Å². The van der Waals surface area contributed by atoms with Gasteiger partial charge >= 0.3 is 0 Å². The second kappa shape index (κ2) is 6.93. The van der Waals surface area contributed by atoms with Crippen LogP contribution in [-0.2, 0) is 4.79 Å². The highest BCUT2D eigenvalue weighted by molar-refractivity contribution is 5.76. The number of rotatable bonds is 6. The Morgan fingerprint density at radius 1 is 1.44 bits per heavy atom. The summed E-state index contributed by atoms with van der Waals surface area (Å²) in [6, 6.07) is 0.538. The summed E-state index contributed by atoms with van der Waals surface area (Å²) in [7, 11) is 0. The maximum absolute atomic E-state index is 11.9. The molecule has 102 valence electrons. The molecular formula is C15H26N2O. The van der Waals surface area contributed by atoms with Crippen molar-refractivity contribution in [3.05, 3.63) is 12.2 Å². The van der Waals surface area contributed by atoms with Gasteiger partial charge in [0, 0.05) is 19.0 Å². The molecule has 0 unspecified atom stereocenters. The Labute approximate surface area is 111 Å². The maximum Gasteiger partial charge on any atom is 0.220 e. The standard InChI is InChI=1S/C15H26N2O/c1-2-14(17-9-5-6-10-17)12-16-15(18)11-13-7-3-4-8-13/h3,7,13-14H,2,4-6,8-12H2,1H3,(H,16,18)/t13-,14-/m1/s1. The number of hydrogen-bond donors (Lipinski definition) is 1. The molecule has 3 heteroatoms. The minimum atomic E-state index is 0.226. The number of amides is 1. The molecule has 0 aromatic heterocycles. The molecule has 1 saturated heterocycles. The zero-order valence-corrected chi connectivity index (χ0v) is 11.5. The molecule has 1 N–H and O–H groups in total. The van der Waals surface area contributed by atoms with Gasteiger partial charge in [-0.1, -0.05) is 19.1 Å². The third-order valence-electron chi connectivity index (χ3n) is 4.22. The summed E-state index contributed by atoms with van der Waals surface area (Å²) >= 11 is 0. The SMILES string of the molecule is CC[C@H](CNC(=O)C[C@@H]1C=CCC1)N1CCCC1. The highest BCUT2D eigenvalue weighted by Gasteiger charge is 2.21. The molecular weight excluding hydrogens is 224 g/mol. The molecule has 2 atom stereocenters. The summed E-state index contributed by atoms with van der Waals surface area (Å²) in [4.78, 5) is 14.4. The van der Waals surface area contributed by atoms with E-state index in [0.717, 1.165) is 25.8 Å². The van der Waals surface area contributed by atoms with Crippen LogP contribution in [0.2, 0.25) is 0 Å². The average Bonchev–Trinajstić information content (AvgIpc) is 3.02. The molecule has 0 saturated carbocycles. The Morgan fingerprint density at radius 2 is 2.22 bits per heavy atom. The number of nitrogens with zero attached hydrogens (tertiary/aromatic N) is 1. The quantitative estimate of drug-likeness (QED) is 0.734. The van der Waals surface area contributed by atoms with Crippen molar-refractivity contribution in [1.82, 2.24) is 10.2 Å². The summed E-state index contributed by atoms with van der Waals surface area (Å²) in [5.74, 6) is 0.709. The minimum absolute atomic E-state index is 0.226. The number of nitrogens with one attached hydrogen (secondary N) is 1. The van der Waals surface area contributed by atoms with Gasteiger partial charge in [-0.2, -0.15) is 0 Å². The van der Waals surface area contributed by atoms with Crippen LogP contribution in [0.15, 0.2) is 12.2 Å². The molecule has 0 radical (unpaired) electrons. The maximum atomic E-state index is 11.9. The van der Waals surface area contributed by atoms with E-state index in [4.69, 9.17) is 0 Å². The van der Waals surface area contributed by atoms with E-state index in [9.17, 15) is 4.79 Å². The lowest BCUT2D eigenvalue weighted by Gasteiger charge is -2.26.